The van der Waals surface area contributed by atoms with E-state index in [0.717, 1.165) is 5.56 Å². The standard InChI is InChI=1S/C16H17ClN2O2/c1-16(2,3)14-13(20)12(8-18)15(21)19(14)9-10-5-4-6-11(17)7-10/h4-7,14,20H,9H2,1-3H3. The van der Waals surface area contributed by atoms with Gasteiger partial charge in [-0.3, -0.25) is 4.79 Å². The van der Waals surface area contributed by atoms with Crippen molar-refractivity contribution in [3.63, 3.8) is 0 Å². The number of rotatable bonds is 2. The van der Waals surface area contributed by atoms with Crippen molar-refractivity contribution < 1.29 is 9.90 Å². The lowest BCUT2D eigenvalue weighted by Gasteiger charge is -2.35. The normalized spacial score (nSPS) is 19.1. The van der Waals surface area contributed by atoms with Crippen molar-refractivity contribution in [2.75, 3.05) is 0 Å². The first-order valence-electron chi connectivity index (χ1n) is 6.64. The molecule has 1 atom stereocenters. The van der Waals surface area contributed by atoms with Crippen molar-refractivity contribution in [1.29, 1.82) is 5.26 Å². The molecule has 1 aromatic carbocycles. The van der Waals surface area contributed by atoms with E-state index in [1.807, 2.05) is 32.9 Å². The van der Waals surface area contributed by atoms with Crippen LogP contribution in [0, 0.1) is 16.7 Å². The zero-order valence-electron chi connectivity index (χ0n) is 12.2. The third-order valence-electron chi connectivity index (χ3n) is 3.48. The number of carbonyl (C=O) groups is 1. The van der Waals surface area contributed by atoms with Crippen molar-refractivity contribution in [1.82, 2.24) is 4.90 Å². The molecule has 2 rings (SSSR count). The summed E-state index contributed by atoms with van der Waals surface area (Å²) in [7, 11) is 0. The molecule has 1 unspecified atom stereocenters. The topological polar surface area (TPSA) is 64.3 Å². The molecule has 0 spiro atoms. The first kappa shape index (κ1) is 15.4. The van der Waals surface area contributed by atoms with Crippen LogP contribution in [-0.2, 0) is 11.3 Å². The Morgan fingerprint density at radius 2 is 2.10 bits per heavy atom. The number of benzene rings is 1. The van der Waals surface area contributed by atoms with E-state index in [9.17, 15) is 9.90 Å². The van der Waals surface area contributed by atoms with Crippen LogP contribution in [-0.4, -0.2) is 22.0 Å². The first-order chi connectivity index (χ1) is 9.75. The zero-order chi connectivity index (χ0) is 15.8. The van der Waals surface area contributed by atoms with Crippen LogP contribution in [0.15, 0.2) is 35.6 Å². The molecule has 0 saturated carbocycles. The highest BCUT2D eigenvalue weighted by molar-refractivity contribution is 6.30. The number of hydrogen-bond donors (Lipinski definition) is 1. The number of nitriles is 1. The fourth-order valence-electron chi connectivity index (χ4n) is 2.63. The van der Waals surface area contributed by atoms with Crippen LogP contribution in [0.25, 0.3) is 0 Å². The molecule has 0 aliphatic carbocycles. The fourth-order valence-corrected chi connectivity index (χ4v) is 2.85. The summed E-state index contributed by atoms with van der Waals surface area (Å²) in [6.07, 6.45) is 0. The van der Waals surface area contributed by atoms with Crippen LogP contribution in [0.5, 0.6) is 0 Å². The third kappa shape index (κ3) is 2.88. The quantitative estimate of drug-likeness (QED) is 0.910. The molecule has 1 aromatic rings. The monoisotopic (exact) mass is 304 g/mol. The lowest BCUT2D eigenvalue weighted by atomic mass is 9.85. The predicted octanol–water partition coefficient (Wildman–Crippen LogP) is 3.43. The SMILES string of the molecule is CC(C)(C)C1C(O)=C(C#N)C(=O)N1Cc1cccc(Cl)c1. The van der Waals surface area contributed by atoms with Gasteiger partial charge in [0.1, 0.15) is 11.8 Å². The maximum Gasteiger partial charge on any atom is 0.269 e. The number of hydrogen-bond acceptors (Lipinski definition) is 3. The van der Waals surface area contributed by atoms with Gasteiger partial charge in [0.2, 0.25) is 0 Å². The van der Waals surface area contributed by atoms with Crippen molar-refractivity contribution in [3.8, 4) is 6.07 Å². The molecule has 21 heavy (non-hydrogen) atoms. The Bertz CT molecular complexity index is 653. The number of nitrogens with zero attached hydrogens (tertiary/aromatic N) is 2. The summed E-state index contributed by atoms with van der Waals surface area (Å²) in [6, 6.07) is 8.49. The fraction of sp³-hybridized carbons (Fsp3) is 0.375. The Kier molecular flexibility index (Phi) is 3.97. The minimum absolute atomic E-state index is 0.142. The number of amides is 1. The number of aliphatic hydroxyl groups excluding tert-OH is 1. The highest BCUT2D eigenvalue weighted by Gasteiger charge is 2.45. The van der Waals surface area contributed by atoms with Gasteiger partial charge in [-0.1, -0.05) is 44.5 Å². The zero-order valence-corrected chi connectivity index (χ0v) is 13.0. The summed E-state index contributed by atoms with van der Waals surface area (Å²) in [4.78, 5) is 13.9. The van der Waals surface area contributed by atoms with Gasteiger partial charge in [0.05, 0.1) is 6.04 Å². The third-order valence-corrected chi connectivity index (χ3v) is 3.71. The lowest BCUT2D eigenvalue weighted by molar-refractivity contribution is -0.129. The van der Waals surface area contributed by atoms with Gasteiger partial charge in [-0.2, -0.15) is 5.26 Å². The van der Waals surface area contributed by atoms with Gasteiger partial charge < -0.3 is 10.0 Å². The van der Waals surface area contributed by atoms with Crippen molar-refractivity contribution in [3.05, 3.63) is 46.2 Å². The summed E-state index contributed by atoms with van der Waals surface area (Å²) in [5.74, 6) is -0.577. The van der Waals surface area contributed by atoms with Gasteiger partial charge in [0.15, 0.2) is 5.57 Å². The van der Waals surface area contributed by atoms with E-state index >= 15 is 0 Å². The summed E-state index contributed by atoms with van der Waals surface area (Å²) in [6.45, 7) is 6.07. The molecule has 1 amide bonds. The van der Waals surface area contributed by atoms with Gasteiger partial charge in [0, 0.05) is 11.6 Å². The molecule has 0 fully saturated rings. The highest BCUT2D eigenvalue weighted by atomic mass is 35.5. The maximum atomic E-state index is 12.3. The van der Waals surface area contributed by atoms with Crippen LogP contribution in [0.3, 0.4) is 0 Å². The van der Waals surface area contributed by atoms with Crippen LogP contribution in [0.1, 0.15) is 26.3 Å². The molecule has 1 N–H and O–H groups in total. The molecular formula is C16H17ClN2O2. The van der Waals surface area contributed by atoms with Crippen LogP contribution < -0.4 is 0 Å². The Morgan fingerprint density at radius 1 is 1.43 bits per heavy atom. The van der Waals surface area contributed by atoms with E-state index in [0.29, 0.717) is 11.6 Å². The molecule has 5 heteroatoms. The lowest BCUT2D eigenvalue weighted by Crippen LogP contribution is -2.43. The molecule has 0 radical (unpaired) electrons. The molecule has 110 valence electrons. The molecule has 4 nitrogen and oxygen atoms in total. The van der Waals surface area contributed by atoms with Crippen LogP contribution >= 0.6 is 11.6 Å². The molecular weight excluding hydrogens is 288 g/mol. The van der Waals surface area contributed by atoms with E-state index < -0.39 is 11.9 Å². The first-order valence-corrected chi connectivity index (χ1v) is 7.02. The molecule has 1 aliphatic heterocycles. The summed E-state index contributed by atoms with van der Waals surface area (Å²) in [5, 5.41) is 19.9. The van der Waals surface area contributed by atoms with Crippen LogP contribution in [0.4, 0.5) is 0 Å². The molecule has 0 saturated heterocycles. The van der Waals surface area contributed by atoms with Crippen LogP contribution in [0.2, 0.25) is 5.02 Å². The van der Waals surface area contributed by atoms with E-state index in [4.69, 9.17) is 16.9 Å². The Balaban J connectivity index is 2.39. The average molecular weight is 305 g/mol. The van der Waals surface area contributed by atoms with E-state index in [1.165, 1.54) is 4.90 Å². The molecule has 0 bridgehead atoms. The molecule has 1 heterocycles. The molecule has 0 aromatic heterocycles. The van der Waals surface area contributed by atoms with Gasteiger partial charge in [-0.05, 0) is 23.1 Å². The molecule has 1 aliphatic rings. The Labute approximate surface area is 129 Å². The summed E-state index contributed by atoms with van der Waals surface area (Å²) >= 11 is 5.96. The Hall–Kier alpha value is -1.99. The number of halogens is 1. The van der Waals surface area contributed by atoms with Gasteiger partial charge in [-0.15, -0.1) is 0 Å². The summed E-state index contributed by atoms with van der Waals surface area (Å²) in [5.41, 5.74) is 0.311. The second kappa shape index (κ2) is 5.42. The predicted molar refractivity (Wildman–Crippen MR) is 80.5 cm³/mol. The largest absolute Gasteiger partial charge is 0.508 e. The van der Waals surface area contributed by atoms with Gasteiger partial charge in [-0.25, -0.2) is 0 Å². The minimum Gasteiger partial charge on any atom is -0.508 e. The number of carbonyl (C=O) groups excluding carboxylic acids is 1. The maximum absolute atomic E-state index is 12.3. The van der Waals surface area contributed by atoms with E-state index in [2.05, 4.69) is 0 Å². The van der Waals surface area contributed by atoms with Crippen molar-refractivity contribution in [2.45, 2.75) is 33.4 Å². The smallest absolute Gasteiger partial charge is 0.269 e. The summed E-state index contributed by atoms with van der Waals surface area (Å²) < 4.78 is 0. The van der Waals surface area contributed by atoms with Gasteiger partial charge >= 0.3 is 0 Å². The van der Waals surface area contributed by atoms with E-state index in [1.54, 1.807) is 18.2 Å². The minimum atomic E-state index is -0.515. The van der Waals surface area contributed by atoms with E-state index in [-0.39, 0.29) is 16.7 Å². The number of aliphatic hydroxyl groups is 1. The average Bonchev–Trinajstić information content (AvgIpc) is 2.60. The highest BCUT2D eigenvalue weighted by Crippen LogP contribution is 2.37. The van der Waals surface area contributed by atoms with Gasteiger partial charge in [0.25, 0.3) is 5.91 Å². The second-order valence-electron chi connectivity index (χ2n) is 6.20. The second-order valence-corrected chi connectivity index (χ2v) is 6.64. The Morgan fingerprint density at radius 3 is 2.62 bits per heavy atom. The van der Waals surface area contributed by atoms with Crippen molar-refractivity contribution in [2.24, 2.45) is 5.41 Å². The van der Waals surface area contributed by atoms with Crippen molar-refractivity contribution >= 4 is 17.5 Å².